The van der Waals surface area contributed by atoms with E-state index in [1.165, 1.54) is 0 Å². The lowest BCUT2D eigenvalue weighted by Gasteiger charge is -2.00. The predicted octanol–water partition coefficient (Wildman–Crippen LogP) is 1.56. The number of nitrogens with zero attached hydrogens (tertiary/aromatic N) is 2. The van der Waals surface area contributed by atoms with Gasteiger partial charge in [-0.2, -0.15) is 13.2 Å². The van der Waals surface area contributed by atoms with E-state index < -0.39 is 12.6 Å². The van der Waals surface area contributed by atoms with Gasteiger partial charge in [-0.3, -0.25) is 5.10 Å². The van der Waals surface area contributed by atoms with E-state index in [0.29, 0.717) is 0 Å². The summed E-state index contributed by atoms with van der Waals surface area (Å²) in [5.41, 5.74) is 0. The normalized spacial score (nSPS) is 12.0. The van der Waals surface area contributed by atoms with Crippen LogP contribution in [0.5, 0.6) is 0 Å². The summed E-state index contributed by atoms with van der Waals surface area (Å²) in [6.07, 6.45) is -5.41. The molecule has 0 spiro atoms. The van der Waals surface area contributed by atoms with Crippen LogP contribution in [0.4, 0.5) is 13.2 Å². The molecule has 1 rings (SSSR count). The smallest absolute Gasteiger partial charge is 0.261 e. The third-order valence-corrected chi connectivity index (χ3v) is 1.04. The zero-order valence-electron chi connectivity index (χ0n) is 5.11. The number of hydrogen-bond acceptors (Lipinski definition) is 2. The van der Waals surface area contributed by atoms with Gasteiger partial charge >= 0.3 is 6.18 Å². The van der Waals surface area contributed by atoms with Gasteiger partial charge in [-0.25, -0.2) is 4.98 Å². The van der Waals surface area contributed by atoms with Crippen molar-refractivity contribution < 1.29 is 13.2 Å². The van der Waals surface area contributed by atoms with Crippen molar-refractivity contribution in [2.75, 3.05) is 0 Å². The minimum absolute atomic E-state index is 0.204. The Morgan fingerprint density at radius 3 is 2.45 bits per heavy atom. The highest BCUT2D eigenvalue weighted by Crippen LogP contribution is 2.19. The first-order chi connectivity index (χ1) is 4.97. The van der Waals surface area contributed by atoms with Gasteiger partial charge < -0.3 is 0 Å². The molecule has 0 aliphatic heterocycles. The molecule has 0 aliphatic carbocycles. The molecule has 1 N–H and O–H groups in total. The van der Waals surface area contributed by atoms with E-state index in [0.717, 1.165) is 0 Å². The van der Waals surface area contributed by atoms with Gasteiger partial charge in [0.2, 0.25) is 5.28 Å². The van der Waals surface area contributed by atoms with Gasteiger partial charge in [0, 0.05) is 0 Å². The Morgan fingerprint density at radius 1 is 1.45 bits per heavy atom. The van der Waals surface area contributed by atoms with E-state index in [4.69, 9.17) is 11.6 Å². The predicted molar refractivity (Wildman–Crippen MR) is 31.2 cm³/mol. The van der Waals surface area contributed by atoms with Crippen molar-refractivity contribution >= 4 is 11.6 Å². The highest BCUT2D eigenvalue weighted by Gasteiger charge is 2.29. The molecule has 0 unspecified atom stereocenters. The second kappa shape index (κ2) is 2.69. The van der Waals surface area contributed by atoms with Crippen LogP contribution in [0, 0.1) is 0 Å². The number of hydrogen-bond donors (Lipinski definition) is 1. The highest BCUT2D eigenvalue weighted by molar-refractivity contribution is 6.28. The van der Waals surface area contributed by atoms with Crippen molar-refractivity contribution in [3.8, 4) is 0 Å². The molecule has 1 aromatic heterocycles. The monoisotopic (exact) mass is 185 g/mol. The maximum atomic E-state index is 11.6. The fourth-order valence-corrected chi connectivity index (χ4v) is 0.685. The Labute approximate surface area is 64.6 Å². The molecule has 7 heteroatoms. The average molecular weight is 186 g/mol. The Morgan fingerprint density at radius 2 is 2.09 bits per heavy atom. The van der Waals surface area contributed by atoms with Crippen molar-refractivity contribution in [2.24, 2.45) is 0 Å². The Hall–Kier alpha value is -0.780. The molecule has 0 saturated carbocycles. The summed E-state index contributed by atoms with van der Waals surface area (Å²) in [6, 6.07) is 0. The molecule has 0 atom stereocenters. The third-order valence-electron chi connectivity index (χ3n) is 0.872. The standard InChI is InChI=1S/C4H3ClF3N3/c5-3-9-2(10-11-3)1-4(6,7)8/h1H2,(H,9,10,11). The second-order valence-electron chi connectivity index (χ2n) is 1.84. The van der Waals surface area contributed by atoms with E-state index in [-0.39, 0.29) is 11.1 Å². The average Bonchev–Trinajstić information content (AvgIpc) is 2.10. The number of alkyl halides is 3. The van der Waals surface area contributed by atoms with Crippen LogP contribution in [0.25, 0.3) is 0 Å². The van der Waals surface area contributed by atoms with Gasteiger partial charge in [0.15, 0.2) is 0 Å². The third kappa shape index (κ3) is 2.75. The van der Waals surface area contributed by atoms with Crippen molar-refractivity contribution in [1.82, 2.24) is 15.2 Å². The summed E-state index contributed by atoms with van der Waals surface area (Å²) in [5, 5.41) is 5.07. The van der Waals surface area contributed by atoms with E-state index in [1.807, 2.05) is 5.10 Å². The molecule has 1 aromatic rings. The molecule has 0 saturated heterocycles. The molecule has 11 heavy (non-hydrogen) atoms. The topological polar surface area (TPSA) is 41.6 Å². The maximum absolute atomic E-state index is 11.6. The minimum Gasteiger partial charge on any atom is -0.261 e. The highest BCUT2D eigenvalue weighted by atomic mass is 35.5. The molecule has 0 bridgehead atoms. The molecular formula is C4H3ClF3N3. The number of aromatic amines is 1. The zero-order chi connectivity index (χ0) is 8.48. The Kier molecular flexibility index (Phi) is 2.03. The summed E-state index contributed by atoms with van der Waals surface area (Å²) in [5.74, 6) is -0.275. The van der Waals surface area contributed by atoms with Crippen LogP contribution in [0.2, 0.25) is 5.28 Å². The molecule has 3 nitrogen and oxygen atoms in total. The van der Waals surface area contributed by atoms with Crippen LogP contribution in [0.15, 0.2) is 0 Å². The van der Waals surface area contributed by atoms with Gasteiger partial charge in [0.05, 0.1) is 0 Å². The lowest BCUT2D eigenvalue weighted by atomic mass is 10.4. The van der Waals surface area contributed by atoms with Crippen LogP contribution >= 0.6 is 11.6 Å². The van der Waals surface area contributed by atoms with Crippen LogP contribution in [-0.2, 0) is 6.42 Å². The van der Waals surface area contributed by atoms with E-state index in [9.17, 15) is 13.2 Å². The lowest BCUT2D eigenvalue weighted by Crippen LogP contribution is -2.12. The number of halogens is 4. The lowest BCUT2D eigenvalue weighted by molar-refractivity contribution is -0.128. The van der Waals surface area contributed by atoms with Gasteiger partial charge in [0.25, 0.3) is 0 Å². The Bertz CT molecular complexity index is 243. The molecule has 1 heterocycles. The van der Waals surface area contributed by atoms with Crippen LogP contribution < -0.4 is 0 Å². The van der Waals surface area contributed by atoms with Crippen molar-refractivity contribution in [1.29, 1.82) is 0 Å². The van der Waals surface area contributed by atoms with Gasteiger partial charge in [0.1, 0.15) is 12.2 Å². The Balaban J connectivity index is 2.65. The summed E-state index contributed by atoms with van der Waals surface area (Å²) >= 11 is 5.17. The number of nitrogens with one attached hydrogen (secondary N) is 1. The van der Waals surface area contributed by atoms with Gasteiger partial charge in [-0.15, -0.1) is 5.10 Å². The van der Waals surface area contributed by atoms with Crippen LogP contribution in [0.1, 0.15) is 5.82 Å². The van der Waals surface area contributed by atoms with Crippen LogP contribution in [-0.4, -0.2) is 21.4 Å². The quantitative estimate of drug-likeness (QED) is 0.722. The van der Waals surface area contributed by atoms with Crippen molar-refractivity contribution in [3.05, 3.63) is 11.1 Å². The molecule has 0 radical (unpaired) electrons. The minimum atomic E-state index is -4.27. The second-order valence-corrected chi connectivity index (χ2v) is 2.18. The fourth-order valence-electron chi connectivity index (χ4n) is 0.541. The van der Waals surface area contributed by atoms with Crippen LogP contribution in [0.3, 0.4) is 0 Å². The summed E-state index contributed by atoms with van der Waals surface area (Å²) in [6.45, 7) is 0. The van der Waals surface area contributed by atoms with E-state index >= 15 is 0 Å². The molecule has 0 fully saturated rings. The number of aromatic nitrogens is 3. The first kappa shape index (κ1) is 8.32. The van der Waals surface area contributed by atoms with Gasteiger partial charge in [-0.1, -0.05) is 0 Å². The first-order valence-electron chi connectivity index (χ1n) is 2.61. The summed E-state index contributed by atoms with van der Waals surface area (Å²) in [7, 11) is 0. The largest absolute Gasteiger partial charge is 0.396 e. The van der Waals surface area contributed by atoms with Crippen molar-refractivity contribution in [2.45, 2.75) is 12.6 Å². The zero-order valence-corrected chi connectivity index (χ0v) is 5.87. The number of rotatable bonds is 1. The first-order valence-corrected chi connectivity index (χ1v) is 2.99. The summed E-state index contributed by atoms with van der Waals surface area (Å²) in [4.78, 5) is 3.27. The van der Waals surface area contributed by atoms with E-state index in [2.05, 4.69) is 10.1 Å². The molecule has 0 amide bonds. The fraction of sp³-hybridized carbons (Fsp3) is 0.500. The van der Waals surface area contributed by atoms with E-state index in [1.54, 1.807) is 0 Å². The molecular weight excluding hydrogens is 183 g/mol. The number of H-pyrrole nitrogens is 1. The molecule has 0 aromatic carbocycles. The van der Waals surface area contributed by atoms with Gasteiger partial charge in [-0.05, 0) is 11.6 Å². The SMILES string of the molecule is FC(F)(F)Cc1nc(Cl)n[nH]1. The summed E-state index contributed by atoms with van der Waals surface area (Å²) < 4.78 is 34.9. The molecule has 0 aliphatic rings. The van der Waals surface area contributed by atoms with Crippen molar-refractivity contribution in [3.63, 3.8) is 0 Å². The molecule has 62 valence electrons. The maximum Gasteiger partial charge on any atom is 0.396 e.